The minimum absolute atomic E-state index is 0.708. The van der Waals surface area contributed by atoms with Crippen LogP contribution in [-0.2, 0) is 6.42 Å². The fourth-order valence-corrected chi connectivity index (χ4v) is 4.08. The highest BCUT2D eigenvalue weighted by molar-refractivity contribution is 5.70. The van der Waals surface area contributed by atoms with Gasteiger partial charge < -0.3 is 0 Å². The third-order valence-electron chi connectivity index (χ3n) is 5.89. The molecule has 3 heteroatoms. The van der Waals surface area contributed by atoms with Crippen LogP contribution in [-0.4, -0.2) is 15.0 Å². The number of hydrogen-bond donors (Lipinski definition) is 0. The summed E-state index contributed by atoms with van der Waals surface area (Å²) in [5.74, 6) is 2.15. The number of benzene rings is 3. The van der Waals surface area contributed by atoms with Gasteiger partial charge in [-0.25, -0.2) is 15.0 Å². The maximum Gasteiger partial charge on any atom is 0.164 e. The van der Waals surface area contributed by atoms with E-state index in [1.807, 2.05) is 0 Å². The highest BCUT2D eigenvalue weighted by atomic mass is 15.0. The Bertz CT molecular complexity index is 1140. The monoisotopic (exact) mass is 421 g/mol. The molecule has 0 N–H and O–H groups in total. The lowest BCUT2D eigenvalue weighted by Gasteiger charge is -2.14. The Labute approximate surface area is 191 Å². The van der Waals surface area contributed by atoms with Crippen molar-refractivity contribution in [1.82, 2.24) is 15.0 Å². The van der Waals surface area contributed by atoms with Gasteiger partial charge in [-0.1, -0.05) is 85.1 Å². The minimum Gasteiger partial charge on any atom is -0.208 e. The highest BCUT2D eigenvalue weighted by Crippen LogP contribution is 2.30. The third-order valence-corrected chi connectivity index (χ3v) is 5.89. The van der Waals surface area contributed by atoms with E-state index in [2.05, 4.69) is 95.3 Å². The zero-order chi connectivity index (χ0) is 22.7. The number of hydrogen-bond acceptors (Lipinski definition) is 3. The Balaban J connectivity index is 1.88. The standard InChI is InChI=1S/C29H31N3/c1-6-7-8-23-17-21(4)26(22(5)18-23)29-31-27(24-13-9-19(2)10-14-24)30-28(32-29)25-15-11-20(3)12-16-25/h9-18H,6-8H2,1-5H3. The first-order valence-corrected chi connectivity index (χ1v) is 11.4. The molecule has 0 aliphatic rings. The van der Waals surface area contributed by atoms with Crippen LogP contribution in [0.25, 0.3) is 34.2 Å². The molecule has 0 radical (unpaired) electrons. The van der Waals surface area contributed by atoms with Crippen LogP contribution in [0.2, 0.25) is 0 Å². The van der Waals surface area contributed by atoms with E-state index in [0.717, 1.165) is 28.9 Å². The lowest BCUT2D eigenvalue weighted by Crippen LogP contribution is -2.03. The predicted octanol–water partition coefficient (Wildman–Crippen LogP) is 7.45. The van der Waals surface area contributed by atoms with Crippen molar-refractivity contribution in [2.45, 2.75) is 53.9 Å². The predicted molar refractivity (Wildman–Crippen MR) is 134 cm³/mol. The van der Waals surface area contributed by atoms with E-state index < -0.39 is 0 Å². The first-order chi connectivity index (χ1) is 15.4. The van der Waals surface area contributed by atoms with Crippen molar-refractivity contribution in [3.8, 4) is 34.2 Å². The van der Waals surface area contributed by atoms with E-state index in [1.54, 1.807) is 0 Å². The second-order valence-corrected chi connectivity index (χ2v) is 8.75. The van der Waals surface area contributed by atoms with E-state index in [9.17, 15) is 0 Å². The molecule has 0 saturated heterocycles. The number of nitrogens with zero attached hydrogens (tertiary/aromatic N) is 3. The Hall–Kier alpha value is -3.33. The fourth-order valence-electron chi connectivity index (χ4n) is 4.08. The van der Waals surface area contributed by atoms with Crippen LogP contribution in [0.5, 0.6) is 0 Å². The molecule has 1 aromatic heterocycles. The van der Waals surface area contributed by atoms with Crippen molar-refractivity contribution in [3.63, 3.8) is 0 Å². The second-order valence-electron chi connectivity index (χ2n) is 8.75. The highest BCUT2D eigenvalue weighted by Gasteiger charge is 2.16. The van der Waals surface area contributed by atoms with E-state index in [0.29, 0.717) is 11.6 Å². The van der Waals surface area contributed by atoms with Gasteiger partial charge in [0.15, 0.2) is 17.5 Å². The minimum atomic E-state index is 0.708. The van der Waals surface area contributed by atoms with Crippen molar-refractivity contribution in [2.75, 3.05) is 0 Å². The quantitative estimate of drug-likeness (QED) is 0.324. The first kappa shape index (κ1) is 21.9. The number of unbranched alkanes of at least 4 members (excludes halogenated alkanes) is 1. The summed E-state index contributed by atoms with van der Waals surface area (Å²) in [6, 6.07) is 21.3. The Morgan fingerprint density at radius 1 is 0.594 bits per heavy atom. The largest absolute Gasteiger partial charge is 0.208 e. The van der Waals surface area contributed by atoms with Crippen molar-refractivity contribution < 1.29 is 0 Å². The van der Waals surface area contributed by atoms with E-state index in [-0.39, 0.29) is 0 Å². The van der Waals surface area contributed by atoms with Crippen LogP contribution in [0.3, 0.4) is 0 Å². The Kier molecular flexibility index (Phi) is 6.45. The van der Waals surface area contributed by atoms with E-state index in [1.165, 1.54) is 40.7 Å². The molecule has 0 atom stereocenters. The lowest BCUT2D eigenvalue weighted by molar-refractivity contribution is 0.794. The summed E-state index contributed by atoms with van der Waals surface area (Å²) in [6.07, 6.45) is 3.52. The van der Waals surface area contributed by atoms with Gasteiger partial charge in [0, 0.05) is 16.7 Å². The molecule has 0 aliphatic heterocycles. The van der Waals surface area contributed by atoms with Gasteiger partial charge >= 0.3 is 0 Å². The Morgan fingerprint density at radius 3 is 1.47 bits per heavy atom. The summed E-state index contributed by atoms with van der Waals surface area (Å²) < 4.78 is 0. The molecule has 1 heterocycles. The van der Waals surface area contributed by atoms with Crippen LogP contribution in [0, 0.1) is 27.7 Å². The second kappa shape index (κ2) is 9.44. The normalized spacial score (nSPS) is 11.0. The Morgan fingerprint density at radius 2 is 1.03 bits per heavy atom. The molecule has 4 aromatic rings. The van der Waals surface area contributed by atoms with Crippen molar-refractivity contribution >= 4 is 0 Å². The number of aromatic nitrogens is 3. The van der Waals surface area contributed by atoms with Crippen molar-refractivity contribution in [1.29, 1.82) is 0 Å². The summed E-state index contributed by atoms with van der Waals surface area (Å²) in [5, 5.41) is 0. The lowest BCUT2D eigenvalue weighted by atomic mass is 9.96. The molecule has 162 valence electrons. The van der Waals surface area contributed by atoms with Crippen LogP contribution >= 0.6 is 0 Å². The van der Waals surface area contributed by atoms with Gasteiger partial charge in [0.25, 0.3) is 0 Å². The topological polar surface area (TPSA) is 38.7 Å². The van der Waals surface area contributed by atoms with Gasteiger partial charge in [-0.05, 0) is 57.2 Å². The number of rotatable bonds is 6. The molecule has 0 unspecified atom stereocenters. The SMILES string of the molecule is CCCCc1cc(C)c(-c2nc(-c3ccc(C)cc3)nc(-c3ccc(C)cc3)n2)c(C)c1. The molecule has 0 saturated carbocycles. The average Bonchev–Trinajstić information content (AvgIpc) is 2.78. The summed E-state index contributed by atoms with van der Waals surface area (Å²) in [6.45, 7) is 10.7. The van der Waals surface area contributed by atoms with Crippen LogP contribution in [0.4, 0.5) is 0 Å². The molecule has 0 fully saturated rings. The molecule has 3 nitrogen and oxygen atoms in total. The molecule has 3 aromatic carbocycles. The zero-order valence-corrected chi connectivity index (χ0v) is 19.7. The van der Waals surface area contributed by atoms with Gasteiger partial charge in [0.2, 0.25) is 0 Å². The molecular weight excluding hydrogens is 390 g/mol. The fraction of sp³-hybridized carbons (Fsp3) is 0.276. The molecule has 0 aliphatic carbocycles. The van der Waals surface area contributed by atoms with E-state index >= 15 is 0 Å². The zero-order valence-electron chi connectivity index (χ0n) is 19.7. The summed E-state index contributed by atoms with van der Waals surface area (Å²) in [5.41, 5.74) is 9.36. The van der Waals surface area contributed by atoms with Crippen LogP contribution in [0.15, 0.2) is 60.7 Å². The van der Waals surface area contributed by atoms with Gasteiger partial charge in [0.05, 0.1) is 0 Å². The van der Waals surface area contributed by atoms with E-state index in [4.69, 9.17) is 15.0 Å². The molecule has 4 rings (SSSR count). The van der Waals surface area contributed by atoms with Crippen LogP contribution < -0.4 is 0 Å². The molecule has 32 heavy (non-hydrogen) atoms. The molecule has 0 amide bonds. The smallest absolute Gasteiger partial charge is 0.164 e. The maximum absolute atomic E-state index is 4.94. The summed E-state index contributed by atoms with van der Waals surface area (Å²) >= 11 is 0. The number of aryl methyl sites for hydroxylation is 5. The van der Waals surface area contributed by atoms with Crippen LogP contribution in [0.1, 0.15) is 47.6 Å². The van der Waals surface area contributed by atoms with Crippen molar-refractivity contribution in [3.05, 3.63) is 88.5 Å². The first-order valence-electron chi connectivity index (χ1n) is 11.4. The summed E-state index contributed by atoms with van der Waals surface area (Å²) in [7, 11) is 0. The molecule has 0 spiro atoms. The van der Waals surface area contributed by atoms with Gasteiger partial charge in [-0.2, -0.15) is 0 Å². The maximum atomic E-state index is 4.94. The third kappa shape index (κ3) is 4.77. The molecule has 0 bridgehead atoms. The van der Waals surface area contributed by atoms with Gasteiger partial charge in [0.1, 0.15) is 0 Å². The van der Waals surface area contributed by atoms with Gasteiger partial charge in [-0.3, -0.25) is 0 Å². The summed E-state index contributed by atoms with van der Waals surface area (Å²) in [4.78, 5) is 14.7. The average molecular weight is 422 g/mol. The van der Waals surface area contributed by atoms with Crippen molar-refractivity contribution in [2.24, 2.45) is 0 Å². The van der Waals surface area contributed by atoms with Gasteiger partial charge in [-0.15, -0.1) is 0 Å². The molecular formula is C29H31N3.